The Kier molecular flexibility index (Phi) is 10.9. The number of ether oxygens (including phenoxy) is 2. The van der Waals surface area contributed by atoms with Gasteiger partial charge in [0.25, 0.3) is 0 Å². The number of guanidine groups is 1. The Labute approximate surface area is 156 Å². The van der Waals surface area contributed by atoms with Crippen LogP contribution >= 0.6 is 0 Å². The Hall–Kier alpha value is -1.68. The van der Waals surface area contributed by atoms with E-state index in [4.69, 9.17) is 9.47 Å². The van der Waals surface area contributed by atoms with Crippen LogP contribution in [0.4, 0.5) is 0 Å². The molecule has 0 atom stereocenters. The van der Waals surface area contributed by atoms with E-state index in [0.29, 0.717) is 26.4 Å². The van der Waals surface area contributed by atoms with E-state index in [0.717, 1.165) is 31.0 Å². The molecule has 0 aromatic heterocycles. The van der Waals surface area contributed by atoms with Crippen LogP contribution < -0.4 is 15.4 Å². The van der Waals surface area contributed by atoms with Crippen LogP contribution in [0.5, 0.6) is 0 Å². The highest BCUT2D eigenvalue weighted by Gasteiger charge is 2.10. The van der Waals surface area contributed by atoms with Gasteiger partial charge in [0.1, 0.15) is 0 Å². The summed E-state index contributed by atoms with van der Waals surface area (Å²) in [6.07, 6.45) is 0.866. The molecule has 3 N–H and O–H groups in total. The standard InChI is InChI=1S/C17H30N4O4S/c1-4-19-17(20-10-5-11-25-13-12-24-3)21-14-15-6-8-16(9-7-15)26(22,23)18-2/h6-9,18H,4-5,10-14H2,1-3H3,(H2,19,20,21). The summed E-state index contributed by atoms with van der Waals surface area (Å²) in [5.74, 6) is 0.719. The van der Waals surface area contributed by atoms with Crippen molar-refractivity contribution in [3.05, 3.63) is 29.8 Å². The van der Waals surface area contributed by atoms with Crippen molar-refractivity contribution < 1.29 is 17.9 Å². The van der Waals surface area contributed by atoms with E-state index in [1.165, 1.54) is 7.05 Å². The molecule has 0 aliphatic carbocycles. The first-order chi connectivity index (χ1) is 12.5. The Morgan fingerprint density at radius 3 is 2.46 bits per heavy atom. The molecule has 1 rings (SSSR count). The molecule has 0 fully saturated rings. The third-order valence-electron chi connectivity index (χ3n) is 3.46. The van der Waals surface area contributed by atoms with Crippen LogP contribution in [0.2, 0.25) is 0 Å². The van der Waals surface area contributed by atoms with Gasteiger partial charge in [-0.1, -0.05) is 12.1 Å². The minimum absolute atomic E-state index is 0.242. The minimum Gasteiger partial charge on any atom is -0.382 e. The highest BCUT2D eigenvalue weighted by atomic mass is 32.2. The van der Waals surface area contributed by atoms with E-state index >= 15 is 0 Å². The van der Waals surface area contributed by atoms with E-state index in [9.17, 15) is 8.42 Å². The van der Waals surface area contributed by atoms with Crippen LogP contribution in [0.25, 0.3) is 0 Å². The monoisotopic (exact) mass is 386 g/mol. The van der Waals surface area contributed by atoms with Gasteiger partial charge in [-0.3, -0.25) is 0 Å². The highest BCUT2D eigenvalue weighted by molar-refractivity contribution is 7.89. The predicted octanol–water partition coefficient (Wildman–Crippen LogP) is 0.703. The number of nitrogens with zero attached hydrogens (tertiary/aromatic N) is 1. The molecule has 0 bridgehead atoms. The number of hydrogen-bond acceptors (Lipinski definition) is 5. The first-order valence-corrected chi connectivity index (χ1v) is 10.1. The first-order valence-electron chi connectivity index (χ1n) is 8.64. The molecular formula is C17H30N4O4S. The zero-order chi connectivity index (χ0) is 19.3. The van der Waals surface area contributed by atoms with Crippen LogP contribution in [0.1, 0.15) is 18.9 Å². The van der Waals surface area contributed by atoms with E-state index in [-0.39, 0.29) is 4.90 Å². The molecule has 0 radical (unpaired) electrons. The van der Waals surface area contributed by atoms with E-state index in [2.05, 4.69) is 20.3 Å². The van der Waals surface area contributed by atoms with Crippen LogP contribution in [-0.4, -0.2) is 61.4 Å². The quantitative estimate of drug-likeness (QED) is 0.278. The smallest absolute Gasteiger partial charge is 0.240 e. The molecule has 26 heavy (non-hydrogen) atoms. The number of aliphatic imine (C=N–C) groups is 1. The van der Waals surface area contributed by atoms with Crippen molar-refractivity contribution in [3.63, 3.8) is 0 Å². The molecular weight excluding hydrogens is 356 g/mol. The zero-order valence-electron chi connectivity index (χ0n) is 15.7. The van der Waals surface area contributed by atoms with Crippen LogP contribution in [-0.2, 0) is 26.0 Å². The molecule has 9 heteroatoms. The summed E-state index contributed by atoms with van der Waals surface area (Å²) in [6.45, 7) is 5.84. The van der Waals surface area contributed by atoms with Gasteiger partial charge in [-0.05, 0) is 38.1 Å². The van der Waals surface area contributed by atoms with Gasteiger partial charge in [-0.2, -0.15) is 0 Å². The molecule has 0 unspecified atom stereocenters. The lowest BCUT2D eigenvalue weighted by Crippen LogP contribution is -2.38. The fraction of sp³-hybridized carbons (Fsp3) is 0.588. The second-order valence-electron chi connectivity index (χ2n) is 5.43. The maximum atomic E-state index is 11.7. The largest absolute Gasteiger partial charge is 0.382 e. The number of nitrogens with one attached hydrogen (secondary N) is 3. The van der Waals surface area contributed by atoms with E-state index in [1.807, 2.05) is 6.92 Å². The van der Waals surface area contributed by atoms with E-state index in [1.54, 1.807) is 31.4 Å². The summed E-state index contributed by atoms with van der Waals surface area (Å²) in [6, 6.07) is 6.69. The average Bonchev–Trinajstić information content (AvgIpc) is 2.65. The number of hydrogen-bond donors (Lipinski definition) is 3. The molecule has 0 amide bonds. The maximum absolute atomic E-state index is 11.7. The summed E-state index contributed by atoms with van der Waals surface area (Å²) < 4.78 is 36.1. The number of sulfonamides is 1. The lowest BCUT2D eigenvalue weighted by Gasteiger charge is -2.11. The maximum Gasteiger partial charge on any atom is 0.240 e. The molecule has 8 nitrogen and oxygen atoms in total. The van der Waals surface area contributed by atoms with Gasteiger partial charge in [0.2, 0.25) is 10.0 Å². The molecule has 0 saturated carbocycles. The summed E-state index contributed by atoms with van der Waals surface area (Å²) in [7, 11) is -0.365. The first kappa shape index (κ1) is 22.4. The van der Waals surface area contributed by atoms with Gasteiger partial charge >= 0.3 is 0 Å². The molecule has 1 aromatic rings. The number of rotatable bonds is 12. The number of benzene rings is 1. The van der Waals surface area contributed by atoms with Gasteiger partial charge in [0.15, 0.2) is 5.96 Å². The fourth-order valence-electron chi connectivity index (χ4n) is 2.03. The van der Waals surface area contributed by atoms with Crippen LogP contribution in [0.15, 0.2) is 34.2 Å². The Bertz CT molecular complexity index is 633. The molecule has 0 spiro atoms. The Morgan fingerprint density at radius 2 is 1.85 bits per heavy atom. The molecule has 0 heterocycles. The Balaban J connectivity index is 2.48. The van der Waals surface area contributed by atoms with Gasteiger partial charge in [0, 0.05) is 26.8 Å². The summed E-state index contributed by atoms with van der Waals surface area (Å²) in [4.78, 5) is 4.75. The van der Waals surface area contributed by atoms with E-state index < -0.39 is 10.0 Å². The lowest BCUT2D eigenvalue weighted by atomic mass is 10.2. The summed E-state index contributed by atoms with van der Waals surface area (Å²) in [5.41, 5.74) is 0.931. The van der Waals surface area contributed by atoms with Gasteiger partial charge in [-0.25, -0.2) is 18.1 Å². The van der Waals surface area contributed by atoms with Crippen molar-refractivity contribution in [3.8, 4) is 0 Å². The third-order valence-corrected chi connectivity index (χ3v) is 4.89. The third kappa shape index (κ3) is 8.61. The van der Waals surface area contributed by atoms with Gasteiger partial charge in [0.05, 0.1) is 24.7 Å². The molecule has 148 valence electrons. The predicted molar refractivity (Wildman–Crippen MR) is 103 cm³/mol. The van der Waals surface area contributed by atoms with Crippen molar-refractivity contribution in [2.75, 3.05) is 47.1 Å². The summed E-state index contributed by atoms with van der Waals surface area (Å²) in [5, 5.41) is 6.43. The second kappa shape index (κ2) is 12.6. The lowest BCUT2D eigenvalue weighted by molar-refractivity contribution is 0.0698. The number of methoxy groups -OCH3 is 1. The average molecular weight is 387 g/mol. The van der Waals surface area contributed by atoms with Gasteiger partial charge in [-0.15, -0.1) is 0 Å². The molecule has 0 aliphatic rings. The van der Waals surface area contributed by atoms with Gasteiger partial charge < -0.3 is 20.1 Å². The molecule has 1 aromatic carbocycles. The second-order valence-corrected chi connectivity index (χ2v) is 7.32. The van der Waals surface area contributed by atoms with Crippen molar-refractivity contribution in [1.29, 1.82) is 0 Å². The summed E-state index contributed by atoms with van der Waals surface area (Å²) >= 11 is 0. The Morgan fingerprint density at radius 1 is 1.12 bits per heavy atom. The van der Waals surface area contributed by atoms with Crippen LogP contribution in [0.3, 0.4) is 0 Å². The van der Waals surface area contributed by atoms with Crippen molar-refractivity contribution >= 4 is 16.0 Å². The molecule has 0 saturated heterocycles. The normalized spacial score (nSPS) is 12.2. The van der Waals surface area contributed by atoms with Crippen LogP contribution in [0, 0.1) is 0 Å². The fourth-order valence-corrected chi connectivity index (χ4v) is 2.76. The van der Waals surface area contributed by atoms with Crippen molar-refractivity contribution in [1.82, 2.24) is 15.4 Å². The highest BCUT2D eigenvalue weighted by Crippen LogP contribution is 2.10. The van der Waals surface area contributed by atoms with Crippen molar-refractivity contribution in [2.45, 2.75) is 24.8 Å². The zero-order valence-corrected chi connectivity index (χ0v) is 16.6. The SMILES string of the molecule is CCNC(=NCc1ccc(S(=O)(=O)NC)cc1)NCCCOCCOC. The molecule has 0 aliphatic heterocycles. The topological polar surface area (TPSA) is 101 Å². The van der Waals surface area contributed by atoms with Crippen molar-refractivity contribution in [2.24, 2.45) is 4.99 Å². The minimum atomic E-state index is -3.41.